The summed E-state index contributed by atoms with van der Waals surface area (Å²) in [7, 11) is 0. The number of thiazole rings is 1. The van der Waals surface area contributed by atoms with Gasteiger partial charge in [-0.3, -0.25) is 10.1 Å². The zero-order chi connectivity index (χ0) is 14.7. The molecule has 2 aromatic rings. The van der Waals surface area contributed by atoms with E-state index in [1.165, 1.54) is 6.07 Å². The van der Waals surface area contributed by atoms with E-state index in [0.717, 1.165) is 17.1 Å². The lowest BCUT2D eigenvalue weighted by Crippen LogP contribution is -2.10. The molecule has 0 amide bonds. The minimum absolute atomic E-state index is 0.104. The van der Waals surface area contributed by atoms with Crippen LogP contribution in [-0.2, 0) is 0 Å². The molecule has 0 radical (unpaired) electrons. The first-order valence-corrected chi connectivity index (χ1v) is 7.80. The van der Waals surface area contributed by atoms with Gasteiger partial charge in [0.25, 0.3) is 5.69 Å². The molecule has 0 spiro atoms. The molecule has 0 aliphatic heterocycles. The zero-order valence-corrected chi connectivity index (χ0v) is 13.5. The number of hydrogen-bond acceptors (Lipinski definition) is 5. The number of rotatable bonds is 5. The van der Waals surface area contributed by atoms with Gasteiger partial charge in [-0.05, 0) is 35.3 Å². The van der Waals surface area contributed by atoms with Crippen LogP contribution in [0.2, 0.25) is 0 Å². The lowest BCUT2D eigenvalue weighted by atomic mass is 10.1. The Hall–Kier alpha value is -1.47. The second-order valence-electron chi connectivity index (χ2n) is 4.35. The van der Waals surface area contributed by atoms with Crippen molar-refractivity contribution in [3.63, 3.8) is 0 Å². The van der Waals surface area contributed by atoms with E-state index in [1.807, 2.05) is 5.38 Å². The lowest BCUT2D eigenvalue weighted by Gasteiger charge is -2.17. The Morgan fingerprint density at radius 1 is 1.55 bits per heavy atom. The summed E-state index contributed by atoms with van der Waals surface area (Å²) in [5, 5.41) is 17.2. The molecule has 0 saturated heterocycles. The van der Waals surface area contributed by atoms with E-state index in [2.05, 4.69) is 33.2 Å². The van der Waals surface area contributed by atoms with Crippen LogP contribution in [0.1, 0.15) is 30.0 Å². The normalized spacial score (nSPS) is 12.2. The van der Waals surface area contributed by atoms with E-state index >= 15 is 0 Å². The van der Waals surface area contributed by atoms with E-state index in [9.17, 15) is 10.1 Å². The van der Waals surface area contributed by atoms with Crippen LogP contribution < -0.4 is 5.32 Å². The van der Waals surface area contributed by atoms with Gasteiger partial charge in [0, 0.05) is 33.4 Å². The first-order chi connectivity index (χ1) is 9.52. The van der Waals surface area contributed by atoms with Crippen molar-refractivity contribution in [3.05, 3.63) is 48.9 Å². The third-order valence-electron chi connectivity index (χ3n) is 2.97. The van der Waals surface area contributed by atoms with Crippen molar-refractivity contribution >= 4 is 38.6 Å². The summed E-state index contributed by atoms with van der Waals surface area (Å²) in [6.07, 6.45) is 2.66. The average molecular weight is 356 g/mol. The fourth-order valence-electron chi connectivity index (χ4n) is 1.91. The number of aromatic nitrogens is 1. The maximum absolute atomic E-state index is 10.9. The minimum Gasteiger partial charge on any atom is -0.375 e. The molecular weight excluding hydrogens is 342 g/mol. The third kappa shape index (κ3) is 3.16. The topological polar surface area (TPSA) is 68.1 Å². The Kier molecular flexibility index (Phi) is 4.72. The van der Waals surface area contributed by atoms with Crippen LogP contribution in [-0.4, -0.2) is 9.91 Å². The summed E-state index contributed by atoms with van der Waals surface area (Å²) >= 11 is 4.98. The fourth-order valence-corrected chi connectivity index (χ4v) is 3.13. The minimum atomic E-state index is -0.373. The van der Waals surface area contributed by atoms with Gasteiger partial charge in [0.2, 0.25) is 0 Å². The Balaban J connectivity index is 2.29. The van der Waals surface area contributed by atoms with Gasteiger partial charge >= 0.3 is 0 Å². The van der Waals surface area contributed by atoms with Gasteiger partial charge in [-0.15, -0.1) is 11.3 Å². The largest absolute Gasteiger partial charge is 0.375 e. The van der Waals surface area contributed by atoms with Gasteiger partial charge in [-0.1, -0.05) is 6.92 Å². The Labute approximate surface area is 129 Å². The van der Waals surface area contributed by atoms with Crippen molar-refractivity contribution in [3.8, 4) is 0 Å². The van der Waals surface area contributed by atoms with Crippen LogP contribution >= 0.6 is 27.3 Å². The van der Waals surface area contributed by atoms with Crippen molar-refractivity contribution in [1.82, 2.24) is 4.98 Å². The summed E-state index contributed by atoms with van der Waals surface area (Å²) in [5.74, 6) is 0. The highest BCUT2D eigenvalue weighted by atomic mass is 79.9. The number of hydrogen-bond donors (Lipinski definition) is 1. The summed E-state index contributed by atoms with van der Waals surface area (Å²) in [4.78, 5) is 14.8. The molecule has 1 aromatic heterocycles. The number of halogens is 1. The van der Waals surface area contributed by atoms with Gasteiger partial charge in [0.05, 0.1) is 11.0 Å². The molecule has 0 fully saturated rings. The predicted molar refractivity (Wildman–Crippen MR) is 84.3 cm³/mol. The number of anilines is 1. The van der Waals surface area contributed by atoms with Gasteiger partial charge in [-0.25, -0.2) is 4.98 Å². The molecule has 1 aromatic carbocycles. The predicted octanol–water partition coefficient (Wildman–Crippen LogP) is 4.69. The van der Waals surface area contributed by atoms with E-state index < -0.39 is 0 Å². The molecule has 2 rings (SSSR count). The molecule has 1 heterocycles. The number of benzene rings is 1. The van der Waals surface area contributed by atoms with Crippen LogP contribution in [0, 0.1) is 17.0 Å². The number of nitro benzene ring substituents is 1. The van der Waals surface area contributed by atoms with Crippen LogP contribution in [0.3, 0.4) is 0 Å². The van der Waals surface area contributed by atoms with Crippen LogP contribution in [0.5, 0.6) is 0 Å². The molecule has 1 atom stereocenters. The molecule has 20 heavy (non-hydrogen) atoms. The summed E-state index contributed by atoms with van der Waals surface area (Å²) < 4.78 is 0.685. The number of nitrogens with zero attached hydrogens (tertiary/aromatic N) is 2. The first kappa shape index (κ1) is 14.9. The third-order valence-corrected chi connectivity index (χ3v) is 4.52. The first-order valence-electron chi connectivity index (χ1n) is 6.13. The molecule has 0 saturated carbocycles. The fraction of sp³-hybridized carbons (Fsp3) is 0.308. The number of nitrogens with one attached hydrogen (secondary N) is 1. The Bertz CT molecular complexity index is 616. The molecule has 5 nitrogen and oxygen atoms in total. The van der Waals surface area contributed by atoms with Crippen molar-refractivity contribution < 1.29 is 4.92 Å². The molecule has 7 heteroatoms. The number of nitro groups is 1. The average Bonchev–Trinajstić information content (AvgIpc) is 2.92. The highest BCUT2D eigenvalue weighted by molar-refractivity contribution is 9.10. The quantitative estimate of drug-likeness (QED) is 0.624. The smallest absolute Gasteiger partial charge is 0.273 e. The van der Waals surface area contributed by atoms with Crippen molar-refractivity contribution in [1.29, 1.82) is 0 Å². The molecular formula is C13H14BrN3O2S. The van der Waals surface area contributed by atoms with Gasteiger partial charge in [-0.2, -0.15) is 0 Å². The molecule has 1 N–H and O–H groups in total. The van der Waals surface area contributed by atoms with Crippen molar-refractivity contribution in [2.75, 3.05) is 5.32 Å². The highest BCUT2D eigenvalue weighted by Gasteiger charge is 2.17. The lowest BCUT2D eigenvalue weighted by molar-refractivity contribution is -0.385. The standard InChI is InChI=1S/C13H14BrN3O2S/c1-3-10(13-15-4-5-20-13)16-11-6-8(2)12(17(18)19)7-9(11)14/h4-7,10,16H,3H2,1-2H3. The van der Waals surface area contributed by atoms with E-state index in [1.54, 1.807) is 30.5 Å². The van der Waals surface area contributed by atoms with Gasteiger partial charge in [0.1, 0.15) is 5.01 Å². The zero-order valence-electron chi connectivity index (χ0n) is 11.1. The summed E-state index contributed by atoms with van der Waals surface area (Å²) in [5.41, 5.74) is 1.59. The SMILES string of the molecule is CCC(Nc1cc(C)c([N+](=O)[O-])cc1Br)c1nccs1. The van der Waals surface area contributed by atoms with Gasteiger partial charge in [0.15, 0.2) is 0 Å². The van der Waals surface area contributed by atoms with E-state index in [4.69, 9.17) is 0 Å². The van der Waals surface area contributed by atoms with Crippen molar-refractivity contribution in [2.24, 2.45) is 0 Å². The molecule has 0 aliphatic rings. The summed E-state index contributed by atoms with van der Waals surface area (Å²) in [6.45, 7) is 3.81. The second kappa shape index (κ2) is 6.32. The summed E-state index contributed by atoms with van der Waals surface area (Å²) in [6, 6.07) is 3.43. The van der Waals surface area contributed by atoms with Crippen LogP contribution in [0.25, 0.3) is 0 Å². The van der Waals surface area contributed by atoms with Crippen LogP contribution in [0.4, 0.5) is 11.4 Å². The second-order valence-corrected chi connectivity index (χ2v) is 6.13. The maximum Gasteiger partial charge on any atom is 0.273 e. The number of aryl methyl sites for hydroxylation is 1. The Morgan fingerprint density at radius 2 is 2.30 bits per heavy atom. The maximum atomic E-state index is 10.9. The monoisotopic (exact) mass is 355 g/mol. The molecule has 1 unspecified atom stereocenters. The van der Waals surface area contributed by atoms with Crippen molar-refractivity contribution in [2.45, 2.75) is 26.3 Å². The van der Waals surface area contributed by atoms with Gasteiger partial charge < -0.3 is 5.32 Å². The van der Waals surface area contributed by atoms with Crippen LogP contribution in [0.15, 0.2) is 28.2 Å². The Morgan fingerprint density at radius 3 is 2.85 bits per heavy atom. The van der Waals surface area contributed by atoms with E-state index in [-0.39, 0.29) is 16.7 Å². The molecule has 106 valence electrons. The highest BCUT2D eigenvalue weighted by Crippen LogP contribution is 2.33. The molecule has 0 bridgehead atoms. The molecule has 0 aliphatic carbocycles. The van der Waals surface area contributed by atoms with E-state index in [0.29, 0.717) is 10.0 Å².